The van der Waals surface area contributed by atoms with Gasteiger partial charge in [0.05, 0.1) is 11.8 Å². The first-order valence-electron chi connectivity index (χ1n) is 7.61. The summed E-state index contributed by atoms with van der Waals surface area (Å²) in [5.74, 6) is 0.773. The second kappa shape index (κ2) is 5.79. The first kappa shape index (κ1) is 14.4. The van der Waals surface area contributed by atoms with Gasteiger partial charge in [0, 0.05) is 17.6 Å². The largest absolute Gasteiger partial charge is 0.487 e. The molecule has 23 heavy (non-hydrogen) atoms. The lowest BCUT2D eigenvalue weighted by Crippen LogP contribution is -2.15. The van der Waals surface area contributed by atoms with Crippen LogP contribution in [0.2, 0.25) is 0 Å². The van der Waals surface area contributed by atoms with E-state index >= 15 is 0 Å². The molecule has 0 fully saturated rings. The summed E-state index contributed by atoms with van der Waals surface area (Å²) >= 11 is 1.42. The van der Waals surface area contributed by atoms with E-state index in [1.54, 1.807) is 6.20 Å². The van der Waals surface area contributed by atoms with Crippen molar-refractivity contribution in [3.8, 4) is 5.75 Å². The van der Waals surface area contributed by atoms with E-state index in [1.165, 1.54) is 21.8 Å². The van der Waals surface area contributed by atoms with E-state index in [9.17, 15) is 9.90 Å². The molecule has 4 rings (SSSR count). The van der Waals surface area contributed by atoms with Crippen LogP contribution in [0.3, 0.4) is 0 Å². The monoisotopic (exact) mass is 328 g/mol. The summed E-state index contributed by atoms with van der Waals surface area (Å²) in [6.07, 6.45) is 3.96. The normalized spacial score (nSPS) is 17.2. The predicted molar refractivity (Wildman–Crippen MR) is 88.0 cm³/mol. The molecule has 0 aliphatic heterocycles. The predicted octanol–water partition coefficient (Wildman–Crippen LogP) is 2.70. The zero-order valence-electron chi connectivity index (χ0n) is 12.4. The molecule has 5 nitrogen and oxygen atoms in total. The molecule has 2 aromatic heterocycles. The Hall–Kier alpha value is -2.18. The number of thiazole rings is 1. The maximum absolute atomic E-state index is 12.0. The number of fused-ring (bicyclic) bond motifs is 2. The van der Waals surface area contributed by atoms with Crippen molar-refractivity contribution in [1.29, 1.82) is 0 Å². The van der Waals surface area contributed by atoms with Crippen molar-refractivity contribution < 1.29 is 9.84 Å². The van der Waals surface area contributed by atoms with Crippen LogP contribution in [0.1, 0.15) is 35.8 Å². The fourth-order valence-corrected chi connectivity index (χ4v) is 3.78. The zero-order valence-corrected chi connectivity index (χ0v) is 13.3. The molecule has 6 heteroatoms. The van der Waals surface area contributed by atoms with Crippen LogP contribution in [0.15, 0.2) is 40.6 Å². The molecule has 0 amide bonds. The minimum absolute atomic E-state index is 0.0969. The molecule has 118 valence electrons. The molecule has 1 unspecified atom stereocenters. The van der Waals surface area contributed by atoms with Crippen molar-refractivity contribution in [2.75, 3.05) is 0 Å². The fraction of sp³-hybridized carbons (Fsp3) is 0.294. The second-order valence-electron chi connectivity index (χ2n) is 5.66. The number of aliphatic hydroxyl groups excluding tert-OH is 1. The molecule has 1 N–H and O–H groups in total. The highest BCUT2D eigenvalue weighted by Gasteiger charge is 2.20. The van der Waals surface area contributed by atoms with Gasteiger partial charge in [0.2, 0.25) is 0 Å². The summed E-state index contributed by atoms with van der Waals surface area (Å²) in [4.78, 5) is 17.1. The first-order valence-corrected chi connectivity index (χ1v) is 8.49. The highest BCUT2D eigenvalue weighted by molar-refractivity contribution is 7.15. The van der Waals surface area contributed by atoms with Crippen molar-refractivity contribution in [3.63, 3.8) is 0 Å². The van der Waals surface area contributed by atoms with Crippen LogP contribution in [0.25, 0.3) is 4.96 Å². The van der Waals surface area contributed by atoms with Crippen LogP contribution in [0.5, 0.6) is 5.75 Å². The van der Waals surface area contributed by atoms with Crippen LogP contribution >= 0.6 is 11.3 Å². The average molecular weight is 328 g/mol. The van der Waals surface area contributed by atoms with Crippen LogP contribution < -0.4 is 10.3 Å². The molecular weight excluding hydrogens is 312 g/mol. The lowest BCUT2D eigenvalue weighted by molar-refractivity contribution is 0.155. The third kappa shape index (κ3) is 2.64. The lowest BCUT2D eigenvalue weighted by atomic mass is 9.89. The van der Waals surface area contributed by atoms with Gasteiger partial charge in [-0.1, -0.05) is 12.1 Å². The van der Waals surface area contributed by atoms with Gasteiger partial charge in [-0.15, -0.1) is 11.3 Å². The van der Waals surface area contributed by atoms with Gasteiger partial charge in [0.1, 0.15) is 12.4 Å². The van der Waals surface area contributed by atoms with Gasteiger partial charge in [0.25, 0.3) is 5.56 Å². The maximum Gasteiger partial charge on any atom is 0.258 e. The molecular formula is C17H16N2O3S. The number of rotatable bonds is 3. The molecule has 1 aliphatic rings. The molecule has 0 radical (unpaired) electrons. The van der Waals surface area contributed by atoms with E-state index in [0.29, 0.717) is 10.7 Å². The molecule has 0 saturated heterocycles. The summed E-state index contributed by atoms with van der Waals surface area (Å²) in [5, 5.41) is 11.9. The summed E-state index contributed by atoms with van der Waals surface area (Å²) in [5.41, 5.74) is 2.54. The molecule has 2 heterocycles. The van der Waals surface area contributed by atoms with Gasteiger partial charge in [-0.3, -0.25) is 9.20 Å². The minimum atomic E-state index is -0.410. The molecule has 0 bridgehead atoms. The van der Waals surface area contributed by atoms with Gasteiger partial charge < -0.3 is 9.84 Å². The first-order chi connectivity index (χ1) is 11.2. The Morgan fingerprint density at radius 3 is 3.26 bits per heavy atom. The Morgan fingerprint density at radius 1 is 1.43 bits per heavy atom. The van der Waals surface area contributed by atoms with E-state index < -0.39 is 6.10 Å². The Labute approximate surface area is 136 Å². The summed E-state index contributed by atoms with van der Waals surface area (Å²) in [6, 6.07) is 7.26. The Bertz CT molecular complexity index is 916. The number of aliphatic hydroxyl groups is 1. The summed E-state index contributed by atoms with van der Waals surface area (Å²) < 4.78 is 7.42. The maximum atomic E-state index is 12.0. The second-order valence-corrected chi connectivity index (χ2v) is 6.53. The van der Waals surface area contributed by atoms with Crippen LogP contribution in [0.4, 0.5) is 0 Å². The van der Waals surface area contributed by atoms with Crippen molar-refractivity contribution in [2.24, 2.45) is 0 Å². The highest BCUT2D eigenvalue weighted by Crippen LogP contribution is 2.35. The number of nitrogens with zero attached hydrogens (tertiary/aromatic N) is 2. The quantitative estimate of drug-likeness (QED) is 0.803. The Kier molecular flexibility index (Phi) is 3.63. The van der Waals surface area contributed by atoms with Gasteiger partial charge in [-0.25, -0.2) is 4.98 Å². The third-order valence-corrected chi connectivity index (χ3v) is 4.92. The van der Waals surface area contributed by atoms with E-state index in [2.05, 4.69) is 4.98 Å². The molecule has 1 aromatic carbocycles. The number of benzene rings is 1. The number of hydrogen-bond acceptors (Lipinski definition) is 5. The standard InChI is InChI=1S/C17H16N2O3S/c20-14-5-1-4-13-12(14)3-2-6-15(13)22-10-11-9-16(21)19-7-8-23-17(19)18-11/h2-3,6-9,14,20H,1,4-5,10H2. The third-order valence-electron chi connectivity index (χ3n) is 4.16. The Balaban J connectivity index is 1.61. The minimum Gasteiger partial charge on any atom is -0.487 e. The smallest absolute Gasteiger partial charge is 0.258 e. The lowest BCUT2D eigenvalue weighted by Gasteiger charge is -2.23. The highest BCUT2D eigenvalue weighted by atomic mass is 32.1. The zero-order chi connectivity index (χ0) is 15.8. The molecule has 1 aliphatic carbocycles. The summed E-state index contributed by atoms with van der Waals surface area (Å²) in [7, 11) is 0. The topological polar surface area (TPSA) is 63.8 Å². The number of aromatic nitrogens is 2. The van der Waals surface area contributed by atoms with E-state index in [0.717, 1.165) is 36.1 Å². The average Bonchev–Trinajstić information content (AvgIpc) is 3.02. The number of hydrogen-bond donors (Lipinski definition) is 1. The van der Waals surface area contributed by atoms with Gasteiger partial charge in [-0.2, -0.15) is 0 Å². The van der Waals surface area contributed by atoms with E-state index in [4.69, 9.17) is 4.74 Å². The fourth-order valence-electron chi connectivity index (χ4n) is 3.04. The number of ether oxygens (including phenoxy) is 1. The van der Waals surface area contributed by atoms with Crippen molar-refractivity contribution in [1.82, 2.24) is 9.38 Å². The van der Waals surface area contributed by atoms with Gasteiger partial charge >= 0.3 is 0 Å². The van der Waals surface area contributed by atoms with E-state index in [-0.39, 0.29) is 12.2 Å². The van der Waals surface area contributed by atoms with Crippen LogP contribution in [0, 0.1) is 0 Å². The van der Waals surface area contributed by atoms with Crippen molar-refractivity contribution >= 4 is 16.3 Å². The van der Waals surface area contributed by atoms with Crippen LogP contribution in [-0.4, -0.2) is 14.5 Å². The molecule has 0 saturated carbocycles. The van der Waals surface area contributed by atoms with Gasteiger partial charge in [0.15, 0.2) is 4.96 Å². The van der Waals surface area contributed by atoms with E-state index in [1.807, 2.05) is 23.6 Å². The van der Waals surface area contributed by atoms with Crippen molar-refractivity contribution in [2.45, 2.75) is 32.0 Å². The molecule has 3 aromatic rings. The summed E-state index contributed by atoms with van der Waals surface area (Å²) in [6.45, 7) is 0.246. The SMILES string of the molecule is O=c1cc(COc2cccc3c2CCCC3O)nc2sccn12. The van der Waals surface area contributed by atoms with Gasteiger partial charge in [-0.05, 0) is 36.5 Å². The molecule has 0 spiro atoms. The van der Waals surface area contributed by atoms with Crippen LogP contribution in [-0.2, 0) is 13.0 Å². The Morgan fingerprint density at radius 2 is 2.35 bits per heavy atom. The molecule has 1 atom stereocenters. The van der Waals surface area contributed by atoms with Crippen molar-refractivity contribution in [3.05, 3.63) is 63.0 Å².